The molecule has 1 aromatic carbocycles. The molecule has 0 spiro atoms. The van der Waals surface area contributed by atoms with Crippen molar-refractivity contribution in [3.8, 4) is 0 Å². The van der Waals surface area contributed by atoms with Crippen molar-refractivity contribution < 1.29 is 18.7 Å². The highest BCUT2D eigenvalue weighted by atomic mass is 32.2. The van der Waals surface area contributed by atoms with Crippen molar-refractivity contribution in [2.75, 3.05) is 12.4 Å². The summed E-state index contributed by atoms with van der Waals surface area (Å²) in [5.74, 6) is -0.542. The monoisotopic (exact) mass is 367 g/mol. The Morgan fingerprint density at radius 1 is 1.36 bits per heavy atom. The molecule has 1 amide bonds. The van der Waals surface area contributed by atoms with Gasteiger partial charge in [-0.15, -0.1) is 11.8 Å². The van der Waals surface area contributed by atoms with Crippen LogP contribution in [0, 0.1) is 11.7 Å². The van der Waals surface area contributed by atoms with Gasteiger partial charge < -0.3 is 9.64 Å². The first-order valence-electron chi connectivity index (χ1n) is 8.81. The molecular weight excluding hydrogens is 341 g/mol. The lowest BCUT2D eigenvalue weighted by Crippen LogP contribution is -2.47. The van der Waals surface area contributed by atoms with Crippen LogP contribution in [0.3, 0.4) is 0 Å². The molecule has 2 atom stereocenters. The van der Waals surface area contributed by atoms with Crippen molar-refractivity contribution in [3.63, 3.8) is 0 Å². The molecule has 0 aromatic heterocycles. The van der Waals surface area contributed by atoms with Crippen molar-refractivity contribution >= 4 is 23.6 Å². The van der Waals surface area contributed by atoms with Crippen molar-refractivity contribution in [3.05, 3.63) is 35.6 Å². The zero-order valence-electron chi connectivity index (χ0n) is 15.0. The second-order valence-electron chi connectivity index (χ2n) is 6.65. The summed E-state index contributed by atoms with van der Waals surface area (Å²) < 4.78 is 19.4. The number of benzene rings is 1. The summed E-state index contributed by atoms with van der Waals surface area (Å²) in [7, 11) is 0. The van der Waals surface area contributed by atoms with Gasteiger partial charge in [0.2, 0.25) is 0 Å². The number of rotatable bonds is 7. The molecule has 0 radical (unpaired) electrons. The molecule has 25 heavy (non-hydrogen) atoms. The number of halogens is 1. The quantitative estimate of drug-likeness (QED) is 0.538. The minimum absolute atomic E-state index is 0.00474. The smallest absolute Gasteiger partial charge is 0.329 e. The van der Waals surface area contributed by atoms with E-state index in [1.165, 1.54) is 17.0 Å². The molecule has 2 rings (SSSR count). The molecule has 0 bridgehead atoms. The van der Waals surface area contributed by atoms with Gasteiger partial charge in [-0.25, -0.2) is 9.18 Å². The first kappa shape index (κ1) is 19.8. The van der Waals surface area contributed by atoms with E-state index in [-0.39, 0.29) is 10.9 Å². The minimum Gasteiger partial charge on any atom is -0.464 e. The molecule has 1 heterocycles. The average Bonchev–Trinajstić information content (AvgIpc) is 2.97. The highest BCUT2D eigenvalue weighted by Gasteiger charge is 2.43. The standard InChI is InChI=1S/C19H26FNO3S/c1-4-5-10-24-19(23)16-12-25-17(11-13(2)3)21(16)18(22)14-8-6-7-9-15(14)20/h6-9,13,16-17H,4-5,10-12H2,1-3H3. The van der Waals surface area contributed by atoms with Gasteiger partial charge in [0.15, 0.2) is 0 Å². The molecule has 2 unspecified atom stereocenters. The fourth-order valence-electron chi connectivity index (χ4n) is 2.79. The Hall–Kier alpha value is -1.56. The number of thioether (sulfide) groups is 1. The predicted molar refractivity (Wildman–Crippen MR) is 97.9 cm³/mol. The van der Waals surface area contributed by atoms with Gasteiger partial charge in [0, 0.05) is 5.75 Å². The van der Waals surface area contributed by atoms with Gasteiger partial charge >= 0.3 is 5.97 Å². The summed E-state index contributed by atoms with van der Waals surface area (Å²) in [6, 6.07) is 5.26. The molecular formula is C19H26FNO3S. The molecule has 0 N–H and O–H groups in total. The Labute approximate surface area is 153 Å². The average molecular weight is 367 g/mol. The second kappa shape index (κ2) is 9.22. The highest BCUT2D eigenvalue weighted by molar-refractivity contribution is 8.00. The lowest BCUT2D eigenvalue weighted by atomic mass is 10.1. The van der Waals surface area contributed by atoms with Crippen LogP contribution >= 0.6 is 11.8 Å². The van der Waals surface area contributed by atoms with Crippen molar-refractivity contribution in [1.29, 1.82) is 0 Å². The van der Waals surface area contributed by atoms with Crippen molar-refractivity contribution in [2.24, 2.45) is 5.92 Å². The van der Waals surface area contributed by atoms with Crippen LogP contribution in [0.1, 0.15) is 50.4 Å². The van der Waals surface area contributed by atoms with E-state index in [4.69, 9.17) is 4.74 Å². The van der Waals surface area contributed by atoms with Crippen LogP contribution in [0.15, 0.2) is 24.3 Å². The molecule has 1 aliphatic heterocycles. The molecule has 0 saturated carbocycles. The number of esters is 1. The maximum Gasteiger partial charge on any atom is 0.329 e. The Kier molecular flexibility index (Phi) is 7.29. The van der Waals surface area contributed by atoms with Crippen molar-refractivity contribution in [2.45, 2.75) is 51.4 Å². The zero-order chi connectivity index (χ0) is 18.4. The summed E-state index contributed by atoms with van der Waals surface area (Å²) in [6.07, 6.45) is 2.48. The van der Waals surface area contributed by atoms with Crippen LogP contribution in [0.25, 0.3) is 0 Å². The van der Waals surface area contributed by atoms with Gasteiger partial charge in [-0.1, -0.05) is 39.3 Å². The fraction of sp³-hybridized carbons (Fsp3) is 0.579. The van der Waals surface area contributed by atoms with Gasteiger partial charge in [0.05, 0.1) is 17.5 Å². The van der Waals surface area contributed by atoms with Gasteiger partial charge in [-0.05, 0) is 30.9 Å². The topological polar surface area (TPSA) is 46.6 Å². The second-order valence-corrected chi connectivity index (χ2v) is 7.86. The molecule has 1 aliphatic rings. The summed E-state index contributed by atoms with van der Waals surface area (Å²) in [5, 5.41) is -0.143. The first-order chi connectivity index (χ1) is 12.0. The van der Waals surface area contributed by atoms with Gasteiger partial charge in [0.25, 0.3) is 5.91 Å². The number of hydrogen-bond donors (Lipinski definition) is 0. The van der Waals surface area contributed by atoms with Crippen LogP contribution in [-0.2, 0) is 9.53 Å². The minimum atomic E-state index is -0.655. The Morgan fingerprint density at radius 3 is 2.72 bits per heavy atom. The summed E-state index contributed by atoms with van der Waals surface area (Å²) in [5.41, 5.74) is 0.00474. The third-order valence-corrected chi connectivity index (χ3v) is 5.43. The largest absolute Gasteiger partial charge is 0.464 e. The number of ether oxygens (including phenoxy) is 1. The van der Waals surface area contributed by atoms with E-state index in [9.17, 15) is 14.0 Å². The van der Waals surface area contributed by atoms with Gasteiger partial charge in [-0.3, -0.25) is 4.79 Å². The number of carbonyl (C=O) groups excluding carboxylic acids is 2. The Bertz CT molecular complexity index is 608. The maximum absolute atomic E-state index is 14.1. The molecule has 4 nitrogen and oxygen atoms in total. The molecule has 1 fully saturated rings. The highest BCUT2D eigenvalue weighted by Crippen LogP contribution is 2.35. The molecule has 0 aliphatic carbocycles. The van der Waals surface area contributed by atoms with E-state index in [2.05, 4.69) is 13.8 Å². The van der Waals surface area contributed by atoms with E-state index in [1.807, 2.05) is 6.92 Å². The predicted octanol–water partition coefficient (Wildman–Crippen LogP) is 4.10. The number of unbranched alkanes of at least 4 members (excludes halogenated alkanes) is 1. The molecule has 138 valence electrons. The third kappa shape index (κ3) is 4.97. The molecule has 1 aromatic rings. The van der Waals surface area contributed by atoms with E-state index in [0.717, 1.165) is 19.3 Å². The van der Waals surface area contributed by atoms with E-state index < -0.39 is 23.7 Å². The van der Waals surface area contributed by atoms with Crippen LogP contribution < -0.4 is 0 Å². The van der Waals surface area contributed by atoms with Crippen LogP contribution in [0.4, 0.5) is 4.39 Å². The van der Waals surface area contributed by atoms with Crippen LogP contribution in [-0.4, -0.2) is 40.6 Å². The Morgan fingerprint density at radius 2 is 2.08 bits per heavy atom. The van der Waals surface area contributed by atoms with Crippen LogP contribution in [0.5, 0.6) is 0 Å². The molecule has 1 saturated heterocycles. The van der Waals surface area contributed by atoms with E-state index in [0.29, 0.717) is 18.3 Å². The van der Waals surface area contributed by atoms with E-state index in [1.54, 1.807) is 23.9 Å². The lowest BCUT2D eigenvalue weighted by molar-refractivity contribution is -0.148. The van der Waals surface area contributed by atoms with E-state index >= 15 is 0 Å². The summed E-state index contributed by atoms with van der Waals surface area (Å²) in [4.78, 5) is 27.0. The SMILES string of the molecule is CCCCOC(=O)C1CSC(CC(C)C)N1C(=O)c1ccccc1F. The summed E-state index contributed by atoms with van der Waals surface area (Å²) in [6.45, 7) is 6.51. The first-order valence-corrected chi connectivity index (χ1v) is 9.86. The zero-order valence-corrected chi connectivity index (χ0v) is 15.9. The van der Waals surface area contributed by atoms with Gasteiger partial charge in [-0.2, -0.15) is 0 Å². The molecule has 6 heteroatoms. The number of hydrogen-bond acceptors (Lipinski definition) is 4. The lowest BCUT2D eigenvalue weighted by Gasteiger charge is -2.29. The maximum atomic E-state index is 14.1. The van der Waals surface area contributed by atoms with Crippen LogP contribution in [0.2, 0.25) is 0 Å². The van der Waals surface area contributed by atoms with Crippen molar-refractivity contribution in [1.82, 2.24) is 4.90 Å². The number of nitrogens with zero attached hydrogens (tertiary/aromatic N) is 1. The normalized spacial score (nSPS) is 20.1. The number of carbonyl (C=O) groups is 2. The fourth-order valence-corrected chi connectivity index (χ4v) is 4.41. The summed E-state index contributed by atoms with van der Waals surface area (Å²) >= 11 is 1.57. The third-order valence-electron chi connectivity index (χ3n) is 4.12. The Balaban J connectivity index is 2.22. The van der Waals surface area contributed by atoms with Gasteiger partial charge in [0.1, 0.15) is 11.9 Å². The number of amides is 1.